The van der Waals surface area contributed by atoms with Gasteiger partial charge < -0.3 is 15.5 Å². The second-order valence-corrected chi connectivity index (χ2v) is 4.60. The van der Waals surface area contributed by atoms with Crippen molar-refractivity contribution in [3.8, 4) is 0 Å². The molecule has 20 heavy (non-hydrogen) atoms. The highest BCUT2D eigenvalue weighted by atomic mass is 16.4. The number of unbranched alkanes of at least 4 members (excludes halogenated alkanes) is 2. The number of allylic oxidation sites excluding steroid dienone is 1. The highest BCUT2D eigenvalue weighted by Gasteiger charge is 2.09. The zero-order chi connectivity index (χ0) is 15.2. The summed E-state index contributed by atoms with van der Waals surface area (Å²) in [4.78, 5) is 23.8. The van der Waals surface area contributed by atoms with Crippen LogP contribution in [0.1, 0.15) is 39.0 Å². The summed E-state index contributed by atoms with van der Waals surface area (Å²) >= 11 is 0. The van der Waals surface area contributed by atoms with Crippen LogP contribution in [0.25, 0.3) is 0 Å². The first-order valence-corrected chi connectivity index (χ1v) is 7.06. The average Bonchev–Trinajstić information content (AvgIpc) is 2.41. The Labute approximate surface area is 120 Å². The number of aliphatic hydroxyl groups is 1. The second-order valence-electron chi connectivity index (χ2n) is 4.60. The van der Waals surface area contributed by atoms with Crippen LogP contribution in [0.3, 0.4) is 0 Å². The number of rotatable bonds is 12. The smallest absolute Gasteiger partial charge is 0.317 e. The Morgan fingerprint density at radius 1 is 1.25 bits per heavy atom. The molecule has 0 aromatic rings. The van der Waals surface area contributed by atoms with Gasteiger partial charge in [0.05, 0.1) is 13.2 Å². The fraction of sp³-hybridized carbons (Fsp3) is 0.714. The molecule has 1 amide bonds. The fourth-order valence-electron chi connectivity index (χ4n) is 1.60. The fourth-order valence-corrected chi connectivity index (χ4v) is 1.60. The van der Waals surface area contributed by atoms with E-state index in [4.69, 9.17) is 10.2 Å². The van der Waals surface area contributed by atoms with Gasteiger partial charge in [-0.3, -0.25) is 14.5 Å². The maximum atomic E-state index is 11.6. The van der Waals surface area contributed by atoms with Gasteiger partial charge in [-0.15, -0.1) is 0 Å². The predicted molar refractivity (Wildman–Crippen MR) is 77.2 cm³/mol. The van der Waals surface area contributed by atoms with Crippen molar-refractivity contribution in [2.24, 2.45) is 0 Å². The zero-order valence-electron chi connectivity index (χ0n) is 12.2. The lowest BCUT2D eigenvalue weighted by molar-refractivity contribution is -0.139. The Morgan fingerprint density at radius 3 is 2.60 bits per heavy atom. The molecule has 0 unspecified atom stereocenters. The number of aliphatic carboxylic acids is 1. The highest BCUT2D eigenvalue weighted by Crippen LogP contribution is 1.96. The van der Waals surface area contributed by atoms with Crippen molar-refractivity contribution < 1.29 is 19.8 Å². The van der Waals surface area contributed by atoms with Crippen LogP contribution >= 0.6 is 0 Å². The number of carboxylic acid groups (broad SMARTS) is 1. The molecule has 116 valence electrons. The van der Waals surface area contributed by atoms with Gasteiger partial charge >= 0.3 is 5.97 Å². The van der Waals surface area contributed by atoms with E-state index < -0.39 is 5.97 Å². The third-order valence-electron chi connectivity index (χ3n) is 2.69. The monoisotopic (exact) mass is 286 g/mol. The molecule has 0 fully saturated rings. The summed E-state index contributed by atoms with van der Waals surface area (Å²) in [5.74, 6) is -1.08. The first kappa shape index (κ1) is 18.6. The van der Waals surface area contributed by atoms with Crippen LogP contribution in [-0.4, -0.2) is 53.4 Å². The maximum absolute atomic E-state index is 11.6. The molecule has 0 saturated carbocycles. The molecule has 0 aromatic carbocycles. The molecule has 6 nitrogen and oxygen atoms in total. The third-order valence-corrected chi connectivity index (χ3v) is 2.69. The number of carbonyl (C=O) groups is 2. The Morgan fingerprint density at radius 2 is 2.00 bits per heavy atom. The van der Waals surface area contributed by atoms with E-state index in [1.807, 2.05) is 12.2 Å². The van der Waals surface area contributed by atoms with Crippen LogP contribution in [0.5, 0.6) is 0 Å². The Hall–Kier alpha value is -1.40. The minimum absolute atomic E-state index is 0.00420. The molecule has 6 heteroatoms. The van der Waals surface area contributed by atoms with Gasteiger partial charge in [-0.2, -0.15) is 0 Å². The molecular formula is C14H26N2O4. The van der Waals surface area contributed by atoms with E-state index in [2.05, 4.69) is 12.2 Å². The number of aliphatic hydroxyl groups excluding tert-OH is 1. The highest BCUT2D eigenvalue weighted by molar-refractivity contribution is 5.77. The van der Waals surface area contributed by atoms with Crippen LogP contribution < -0.4 is 5.32 Å². The number of hydrogen-bond donors (Lipinski definition) is 3. The van der Waals surface area contributed by atoms with Crippen molar-refractivity contribution in [3.63, 3.8) is 0 Å². The van der Waals surface area contributed by atoms with Gasteiger partial charge in [0.25, 0.3) is 0 Å². The first-order valence-electron chi connectivity index (χ1n) is 7.06. The third kappa shape index (κ3) is 11.7. The molecule has 0 atom stereocenters. The molecule has 0 heterocycles. The summed E-state index contributed by atoms with van der Waals surface area (Å²) in [6.45, 7) is 2.60. The minimum Gasteiger partial charge on any atom is -0.480 e. The molecule has 0 aliphatic carbocycles. The molecule has 0 saturated heterocycles. The standard InChI is InChI=1S/C14H26N2O4/c1-2-3-4-5-6-8-13(18)15-12-16(9-7-10-17)11-14(19)20/h5-6,17H,2-4,7-12H2,1H3,(H,15,18)(H,19,20)/b6-5+. The Kier molecular flexibility index (Phi) is 11.7. The normalized spacial score (nSPS) is 11.2. The average molecular weight is 286 g/mol. The summed E-state index contributed by atoms with van der Waals surface area (Å²) in [6, 6.07) is 0. The van der Waals surface area contributed by atoms with Crippen LogP contribution in [0, 0.1) is 0 Å². The van der Waals surface area contributed by atoms with E-state index in [9.17, 15) is 9.59 Å². The summed E-state index contributed by atoms with van der Waals surface area (Å²) < 4.78 is 0. The van der Waals surface area contributed by atoms with Gasteiger partial charge in [-0.1, -0.05) is 31.9 Å². The SMILES string of the molecule is CCCC/C=C/CC(=O)NCN(CCCO)CC(=O)O. The lowest BCUT2D eigenvalue weighted by Gasteiger charge is -2.19. The van der Waals surface area contributed by atoms with Crippen molar-refractivity contribution >= 4 is 11.9 Å². The lowest BCUT2D eigenvalue weighted by atomic mass is 10.2. The molecule has 0 aromatic heterocycles. The van der Waals surface area contributed by atoms with Crippen molar-refractivity contribution in [3.05, 3.63) is 12.2 Å². The first-order chi connectivity index (χ1) is 9.60. The topological polar surface area (TPSA) is 89.9 Å². The number of nitrogens with zero attached hydrogens (tertiary/aromatic N) is 1. The molecule has 0 bridgehead atoms. The quantitative estimate of drug-likeness (QED) is 0.282. The van der Waals surface area contributed by atoms with Crippen LogP contribution in [0.2, 0.25) is 0 Å². The van der Waals surface area contributed by atoms with Crippen molar-refractivity contribution in [2.75, 3.05) is 26.4 Å². The van der Waals surface area contributed by atoms with E-state index in [0.717, 1.165) is 19.3 Å². The molecule has 0 spiro atoms. The molecule has 3 N–H and O–H groups in total. The minimum atomic E-state index is -0.948. The van der Waals surface area contributed by atoms with E-state index in [1.165, 1.54) is 0 Å². The van der Waals surface area contributed by atoms with Gasteiger partial charge in [0.2, 0.25) is 5.91 Å². The number of nitrogens with one attached hydrogen (secondary N) is 1. The molecule has 0 aliphatic rings. The van der Waals surface area contributed by atoms with E-state index in [1.54, 1.807) is 4.90 Å². The van der Waals surface area contributed by atoms with E-state index >= 15 is 0 Å². The number of carbonyl (C=O) groups excluding carboxylic acids is 1. The molecular weight excluding hydrogens is 260 g/mol. The van der Waals surface area contributed by atoms with Crippen LogP contribution in [0.4, 0.5) is 0 Å². The number of carboxylic acids is 1. The van der Waals surface area contributed by atoms with Gasteiger partial charge in [0.1, 0.15) is 0 Å². The summed E-state index contributed by atoms with van der Waals surface area (Å²) in [5, 5.41) is 20.2. The van der Waals surface area contributed by atoms with E-state index in [0.29, 0.717) is 19.4 Å². The van der Waals surface area contributed by atoms with Gasteiger partial charge in [-0.25, -0.2) is 0 Å². The molecule has 0 rings (SSSR count). The Balaban J connectivity index is 3.90. The van der Waals surface area contributed by atoms with Crippen LogP contribution in [-0.2, 0) is 9.59 Å². The van der Waals surface area contributed by atoms with Crippen LogP contribution in [0.15, 0.2) is 12.2 Å². The summed E-state index contributed by atoms with van der Waals surface area (Å²) in [7, 11) is 0. The van der Waals surface area contributed by atoms with Gasteiger partial charge in [-0.05, 0) is 12.8 Å². The van der Waals surface area contributed by atoms with E-state index in [-0.39, 0.29) is 25.7 Å². The summed E-state index contributed by atoms with van der Waals surface area (Å²) in [6.07, 6.45) is 7.84. The van der Waals surface area contributed by atoms with Crippen molar-refractivity contribution in [1.29, 1.82) is 0 Å². The maximum Gasteiger partial charge on any atom is 0.317 e. The number of amides is 1. The lowest BCUT2D eigenvalue weighted by Crippen LogP contribution is -2.40. The molecule has 0 radical (unpaired) electrons. The Bertz CT molecular complexity index is 306. The van der Waals surface area contributed by atoms with Crippen molar-refractivity contribution in [2.45, 2.75) is 39.0 Å². The summed E-state index contributed by atoms with van der Waals surface area (Å²) in [5.41, 5.74) is 0. The predicted octanol–water partition coefficient (Wildman–Crippen LogP) is 0.966. The van der Waals surface area contributed by atoms with Gasteiger partial charge in [0.15, 0.2) is 0 Å². The second kappa shape index (κ2) is 12.6. The number of hydrogen-bond acceptors (Lipinski definition) is 4. The van der Waals surface area contributed by atoms with Gasteiger partial charge in [0, 0.05) is 19.6 Å². The van der Waals surface area contributed by atoms with Crippen molar-refractivity contribution in [1.82, 2.24) is 10.2 Å². The zero-order valence-corrected chi connectivity index (χ0v) is 12.2. The molecule has 0 aliphatic heterocycles. The largest absolute Gasteiger partial charge is 0.480 e.